The number of benzene rings is 3. The number of ether oxygens (including phenoxy) is 1. The lowest BCUT2D eigenvalue weighted by Crippen LogP contribution is -2.51. The van der Waals surface area contributed by atoms with Crippen molar-refractivity contribution in [3.8, 4) is 29.6 Å². The zero-order valence-corrected chi connectivity index (χ0v) is 29.1. The lowest BCUT2D eigenvalue weighted by molar-refractivity contribution is -0.118. The van der Waals surface area contributed by atoms with Crippen molar-refractivity contribution < 1.29 is 26.7 Å². The topological polar surface area (TPSA) is 157 Å². The van der Waals surface area contributed by atoms with Crippen LogP contribution in [0.5, 0.6) is 6.01 Å². The smallest absolute Gasteiger partial charge is 0.319 e. The van der Waals surface area contributed by atoms with Gasteiger partial charge in [-0.05, 0) is 48.6 Å². The fourth-order valence-electron chi connectivity index (χ4n) is 6.88. The number of aromatic nitrogens is 6. The van der Waals surface area contributed by atoms with Gasteiger partial charge in [0.1, 0.15) is 29.2 Å². The minimum atomic E-state index is -3.97. The summed E-state index contributed by atoms with van der Waals surface area (Å²) in [6, 6.07) is 13.7. The molecule has 0 saturated carbocycles. The molecule has 5 heterocycles. The molecule has 13 nitrogen and oxygen atoms in total. The Labute approximate surface area is 302 Å². The normalized spacial score (nSPS) is 16.9. The van der Waals surface area contributed by atoms with E-state index < -0.39 is 34.2 Å². The molecule has 2 aliphatic rings. The largest absolute Gasteiger partial charge is 0.453 e. The van der Waals surface area contributed by atoms with Crippen LogP contribution < -0.4 is 20.3 Å². The second-order valence-electron chi connectivity index (χ2n) is 12.8. The number of rotatable bonds is 9. The first kappa shape index (κ1) is 34.1. The molecule has 2 unspecified atom stereocenters. The average Bonchev–Trinajstić information content (AvgIpc) is 3.80. The SMILES string of the molecule is C#Cc1c(F)ccc2cccc(-c3ncc4c(N5CC6CCC(C5)N6)nc(OCC(=O)Nc5ccc(S(=O)(=O)n6cnc(CC)n6)cc5)nc4c3F)c12. The van der Waals surface area contributed by atoms with Gasteiger partial charge in [-0.15, -0.1) is 15.6 Å². The molecule has 3 aromatic carbocycles. The highest BCUT2D eigenvalue weighted by molar-refractivity contribution is 7.89. The van der Waals surface area contributed by atoms with E-state index in [0.717, 1.165) is 23.3 Å². The minimum absolute atomic E-state index is 0.00821. The standard InChI is InChI=1S/C37H31F2N9O4S/c1-3-26-29(38)15-8-21-6-5-7-27(32(21)26)34-33(39)35-28(16-40-34)36(47-17-23-9-10-24(18-47)42-23)45-37(44-35)52-19-31(49)43-22-11-13-25(14-12-22)53(50,51)48-20-41-30(4-2)46-48/h1,5-8,11-16,20,23-24,42H,4,9-10,17-19H2,2H3,(H,43,49). The first-order valence-electron chi connectivity index (χ1n) is 16.9. The maximum atomic E-state index is 16.7. The summed E-state index contributed by atoms with van der Waals surface area (Å²) in [6.45, 7) is 2.50. The number of piperazine rings is 1. The highest BCUT2D eigenvalue weighted by Crippen LogP contribution is 2.37. The Morgan fingerprint density at radius 2 is 1.83 bits per heavy atom. The van der Waals surface area contributed by atoms with Crippen molar-refractivity contribution in [2.75, 3.05) is 29.9 Å². The number of pyridine rings is 1. The van der Waals surface area contributed by atoms with Gasteiger partial charge in [0.2, 0.25) is 0 Å². The Bertz CT molecular complexity index is 2560. The van der Waals surface area contributed by atoms with Gasteiger partial charge < -0.3 is 20.3 Å². The Hall–Kier alpha value is -6.05. The molecular formula is C37H31F2N9O4S. The fraction of sp³-hybridized carbons (Fsp3) is 0.243. The first-order chi connectivity index (χ1) is 25.6. The van der Waals surface area contributed by atoms with E-state index in [2.05, 4.69) is 41.6 Å². The predicted octanol–water partition coefficient (Wildman–Crippen LogP) is 4.45. The molecule has 8 rings (SSSR count). The number of carbonyl (C=O) groups is 1. The third-order valence-electron chi connectivity index (χ3n) is 9.40. The van der Waals surface area contributed by atoms with Gasteiger partial charge in [-0.2, -0.15) is 18.4 Å². The molecule has 0 spiro atoms. The van der Waals surface area contributed by atoms with E-state index in [1.165, 1.54) is 36.5 Å². The molecule has 0 radical (unpaired) electrons. The van der Waals surface area contributed by atoms with E-state index in [9.17, 15) is 17.6 Å². The van der Waals surface area contributed by atoms with Crippen molar-refractivity contribution in [3.05, 3.63) is 90.1 Å². The van der Waals surface area contributed by atoms with Crippen LogP contribution in [-0.2, 0) is 21.2 Å². The highest BCUT2D eigenvalue weighted by atomic mass is 32.2. The number of nitrogens with one attached hydrogen (secondary N) is 2. The number of halogens is 2. The number of aryl methyl sites for hydroxylation is 1. The molecular weight excluding hydrogens is 705 g/mol. The van der Waals surface area contributed by atoms with Crippen LogP contribution in [0, 0.1) is 24.0 Å². The zero-order valence-electron chi connectivity index (χ0n) is 28.3. The van der Waals surface area contributed by atoms with Crippen LogP contribution in [0.2, 0.25) is 0 Å². The van der Waals surface area contributed by atoms with Crippen molar-refractivity contribution in [2.45, 2.75) is 43.2 Å². The van der Waals surface area contributed by atoms with Gasteiger partial charge in [0.15, 0.2) is 18.2 Å². The molecule has 2 bridgehead atoms. The Balaban J connectivity index is 1.09. The molecule has 16 heteroatoms. The van der Waals surface area contributed by atoms with E-state index in [-0.39, 0.29) is 39.8 Å². The summed E-state index contributed by atoms with van der Waals surface area (Å²) in [5.41, 5.74) is 0.418. The molecule has 0 aliphatic carbocycles. The van der Waals surface area contributed by atoms with Crippen LogP contribution in [0.25, 0.3) is 32.9 Å². The summed E-state index contributed by atoms with van der Waals surface area (Å²) >= 11 is 0. The van der Waals surface area contributed by atoms with Crippen molar-refractivity contribution in [1.82, 2.24) is 34.4 Å². The number of amides is 1. The quantitative estimate of drug-likeness (QED) is 0.202. The van der Waals surface area contributed by atoms with Crippen LogP contribution in [0.1, 0.15) is 31.2 Å². The van der Waals surface area contributed by atoms with Crippen LogP contribution >= 0.6 is 0 Å². The van der Waals surface area contributed by atoms with E-state index >= 15 is 4.39 Å². The second-order valence-corrected chi connectivity index (χ2v) is 14.6. The average molecular weight is 736 g/mol. The van der Waals surface area contributed by atoms with E-state index in [0.29, 0.717) is 58.6 Å². The molecule has 268 valence electrons. The number of hydrogen-bond donors (Lipinski definition) is 2. The van der Waals surface area contributed by atoms with Gasteiger partial charge in [0.05, 0.1) is 15.8 Å². The van der Waals surface area contributed by atoms with Gasteiger partial charge >= 0.3 is 6.01 Å². The maximum Gasteiger partial charge on any atom is 0.319 e. The van der Waals surface area contributed by atoms with Gasteiger partial charge in [-0.1, -0.05) is 37.1 Å². The monoisotopic (exact) mass is 735 g/mol. The van der Waals surface area contributed by atoms with E-state index in [4.69, 9.17) is 11.2 Å². The molecule has 3 aromatic heterocycles. The van der Waals surface area contributed by atoms with Crippen molar-refractivity contribution in [2.24, 2.45) is 0 Å². The molecule has 2 fully saturated rings. The first-order valence-corrected chi connectivity index (χ1v) is 18.3. The molecule has 53 heavy (non-hydrogen) atoms. The van der Waals surface area contributed by atoms with E-state index in [1.807, 2.05) is 11.8 Å². The summed E-state index contributed by atoms with van der Waals surface area (Å²) in [5, 5.41) is 11.5. The zero-order chi connectivity index (χ0) is 36.9. The molecule has 2 N–H and O–H groups in total. The maximum absolute atomic E-state index is 16.7. The molecule has 1 amide bonds. The van der Waals surface area contributed by atoms with Gasteiger partial charge in [-0.25, -0.2) is 13.8 Å². The number of fused-ring (bicyclic) bond motifs is 4. The van der Waals surface area contributed by atoms with Crippen molar-refractivity contribution in [3.63, 3.8) is 0 Å². The lowest BCUT2D eigenvalue weighted by Gasteiger charge is -2.34. The van der Waals surface area contributed by atoms with Crippen LogP contribution in [0.4, 0.5) is 20.3 Å². The number of anilines is 2. The third-order valence-corrected chi connectivity index (χ3v) is 10.9. The molecule has 6 aromatic rings. The van der Waals surface area contributed by atoms with E-state index in [1.54, 1.807) is 24.3 Å². The van der Waals surface area contributed by atoms with Crippen LogP contribution in [-0.4, -0.2) is 75.2 Å². The summed E-state index contributed by atoms with van der Waals surface area (Å²) < 4.78 is 64.0. The van der Waals surface area contributed by atoms with Gasteiger partial charge in [0.25, 0.3) is 15.9 Å². The Morgan fingerprint density at radius 3 is 2.55 bits per heavy atom. The number of hydrogen-bond acceptors (Lipinski definition) is 11. The third kappa shape index (κ3) is 6.27. The Kier molecular flexibility index (Phi) is 8.67. The predicted molar refractivity (Wildman–Crippen MR) is 193 cm³/mol. The molecule has 2 atom stereocenters. The summed E-state index contributed by atoms with van der Waals surface area (Å²) in [7, 11) is -3.97. The summed E-state index contributed by atoms with van der Waals surface area (Å²) in [4.78, 5) is 32.5. The van der Waals surface area contributed by atoms with Crippen molar-refractivity contribution in [1.29, 1.82) is 0 Å². The van der Waals surface area contributed by atoms with Crippen molar-refractivity contribution >= 4 is 49.1 Å². The Morgan fingerprint density at radius 1 is 1.06 bits per heavy atom. The van der Waals surface area contributed by atoms with Gasteiger partial charge in [-0.3, -0.25) is 9.78 Å². The van der Waals surface area contributed by atoms with Crippen LogP contribution in [0.15, 0.2) is 72.0 Å². The highest BCUT2D eigenvalue weighted by Gasteiger charge is 2.34. The van der Waals surface area contributed by atoms with Gasteiger partial charge in [0, 0.05) is 54.4 Å². The second kappa shape index (κ2) is 13.5. The molecule has 2 aliphatic heterocycles. The van der Waals surface area contributed by atoms with Crippen LogP contribution in [0.3, 0.4) is 0 Å². The number of carbonyl (C=O) groups excluding carboxylic acids is 1. The number of terminal acetylenes is 1. The minimum Gasteiger partial charge on any atom is -0.453 e. The summed E-state index contributed by atoms with van der Waals surface area (Å²) in [5.74, 6) is 1.20. The molecule has 2 saturated heterocycles. The summed E-state index contributed by atoms with van der Waals surface area (Å²) in [6.07, 6.45) is 10.8. The fourth-order valence-corrected chi connectivity index (χ4v) is 7.95. The lowest BCUT2D eigenvalue weighted by atomic mass is 9.96. The number of nitrogens with zero attached hydrogens (tertiary/aromatic N) is 7.